The van der Waals surface area contributed by atoms with Gasteiger partial charge in [-0.05, 0) is 25.3 Å². The zero-order chi connectivity index (χ0) is 14.8. The van der Waals surface area contributed by atoms with E-state index in [0.717, 1.165) is 29.6 Å². The van der Waals surface area contributed by atoms with Crippen LogP contribution in [0.2, 0.25) is 0 Å². The molecule has 0 spiro atoms. The lowest BCUT2D eigenvalue weighted by molar-refractivity contribution is 0.318. The van der Waals surface area contributed by atoms with Crippen molar-refractivity contribution in [3.63, 3.8) is 0 Å². The van der Waals surface area contributed by atoms with Crippen molar-refractivity contribution in [1.29, 1.82) is 0 Å². The fourth-order valence-corrected chi connectivity index (χ4v) is 2.78. The molecule has 21 heavy (non-hydrogen) atoms. The first-order chi connectivity index (χ1) is 10.3. The van der Waals surface area contributed by atoms with Gasteiger partial charge in [-0.25, -0.2) is 0 Å². The molecule has 0 saturated heterocycles. The Kier molecular flexibility index (Phi) is 3.64. The van der Waals surface area contributed by atoms with E-state index in [1.165, 1.54) is 12.8 Å². The number of nitrogens with two attached hydrogens (primary N) is 1. The zero-order valence-electron chi connectivity index (χ0n) is 12.2. The van der Waals surface area contributed by atoms with Gasteiger partial charge in [-0.15, -0.1) is 0 Å². The van der Waals surface area contributed by atoms with Gasteiger partial charge in [0.1, 0.15) is 0 Å². The summed E-state index contributed by atoms with van der Waals surface area (Å²) in [7, 11) is 0. The molecule has 5 nitrogen and oxygen atoms in total. The van der Waals surface area contributed by atoms with Gasteiger partial charge in [0.05, 0.1) is 16.8 Å². The van der Waals surface area contributed by atoms with E-state index < -0.39 is 0 Å². The summed E-state index contributed by atoms with van der Waals surface area (Å²) in [6.07, 6.45) is 5.17. The predicted octanol–water partition coefficient (Wildman–Crippen LogP) is 2.71. The Morgan fingerprint density at radius 1 is 1.43 bits per heavy atom. The highest BCUT2D eigenvalue weighted by Gasteiger charge is 2.31. The van der Waals surface area contributed by atoms with Crippen molar-refractivity contribution in [1.82, 2.24) is 4.98 Å². The molecule has 1 saturated carbocycles. The fourth-order valence-electron chi connectivity index (χ4n) is 2.78. The SMILES string of the molecule is CCCN(c1c(/C(N)=N/O)cnc2ccccc12)C1CC1. The highest BCUT2D eigenvalue weighted by atomic mass is 16.4. The Bertz CT molecular complexity index is 679. The fraction of sp³-hybridized carbons (Fsp3) is 0.375. The summed E-state index contributed by atoms with van der Waals surface area (Å²) in [5.41, 5.74) is 8.56. The van der Waals surface area contributed by atoms with Gasteiger partial charge in [0.15, 0.2) is 5.84 Å². The molecular formula is C16H20N4O. The summed E-state index contributed by atoms with van der Waals surface area (Å²) in [6, 6.07) is 8.58. The number of benzene rings is 1. The van der Waals surface area contributed by atoms with E-state index in [2.05, 4.69) is 28.0 Å². The molecule has 0 radical (unpaired) electrons. The summed E-state index contributed by atoms with van der Waals surface area (Å²) in [4.78, 5) is 6.82. The van der Waals surface area contributed by atoms with Crippen LogP contribution in [0.4, 0.5) is 5.69 Å². The molecule has 1 aliphatic rings. The van der Waals surface area contributed by atoms with E-state index >= 15 is 0 Å². The topological polar surface area (TPSA) is 74.7 Å². The zero-order valence-corrected chi connectivity index (χ0v) is 12.2. The van der Waals surface area contributed by atoms with E-state index in [-0.39, 0.29) is 5.84 Å². The van der Waals surface area contributed by atoms with Crippen LogP contribution in [0.5, 0.6) is 0 Å². The maximum atomic E-state index is 9.07. The standard InChI is InChI=1S/C16H20N4O/c1-2-9-20(11-7-8-11)15-12-5-3-4-6-14(12)18-10-13(15)16(17)19-21/h3-6,10-11,21H,2,7-9H2,1H3,(H2,17,19). The maximum absolute atomic E-state index is 9.07. The first-order valence-electron chi connectivity index (χ1n) is 7.38. The molecule has 3 N–H and O–H groups in total. The summed E-state index contributed by atoms with van der Waals surface area (Å²) in [6.45, 7) is 3.13. The molecule has 3 rings (SSSR count). The summed E-state index contributed by atoms with van der Waals surface area (Å²) < 4.78 is 0. The largest absolute Gasteiger partial charge is 0.409 e. The van der Waals surface area contributed by atoms with Crippen molar-refractivity contribution in [2.45, 2.75) is 32.2 Å². The molecular weight excluding hydrogens is 264 g/mol. The van der Waals surface area contributed by atoms with Gasteiger partial charge in [-0.2, -0.15) is 0 Å². The van der Waals surface area contributed by atoms with Crippen LogP contribution in [-0.4, -0.2) is 28.6 Å². The minimum atomic E-state index is 0.116. The number of para-hydroxylation sites is 1. The van der Waals surface area contributed by atoms with Crippen LogP contribution < -0.4 is 10.6 Å². The second-order valence-corrected chi connectivity index (χ2v) is 5.45. The monoisotopic (exact) mass is 284 g/mol. The minimum absolute atomic E-state index is 0.116. The Hall–Kier alpha value is -2.30. The number of fused-ring (bicyclic) bond motifs is 1. The van der Waals surface area contributed by atoms with Crippen molar-refractivity contribution in [2.75, 3.05) is 11.4 Å². The number of hydrogen-bond acceptors (Lipinski definition) is 4. The van der Waals surface area contributed by atoms with Gasteiger partial charge >= 0.3 is 0 Å². The van der Waals surface area contributed by atoms with Crippen molar-refractivity contribution in [3.8, 4) is 0 Å². The molecule has 0 aliphatic heterocycles. The van der Waals surface area contributed by atoms with Crippen LogP contribution in [0.15, 0.2) is 35.6 Å². The molecule has 110 valence electrons. The van der Waals surface area contributed by atoms with Crippen molar-refractivity contribution in [3.05, 3.63) is 36.0 Å². The maximum Gasteiger partial charge on any atom is 0.173 e. The number of aromatic nitrogens is 1. The lowest BCUT2D eigenvalue weighted by Crippen LogP contribution is -2.30. The van der Waals surface area contributed by atoms with Crippen LogP contribution in [0.1, 0.15) is 31.7 Å². The number of oxime groups is 1. The average Bonchev–Trinajstić information content (AvgIpc) is 3.36. The third-order valence-electron chi connectivity index (χ3n) is 3.87. The summed E-state index contributed by atoms with van der Waals surface area (Å²) in [5, 5.41) is 13.3. The van der Waals surface area contributed by atoms with Gasteiger partial charge in [-0.1, -0.05) is 30.3 Å². The summed E-state index contributed by atoms with van der Waals surface area (Å²) >= 11 is 0. The van der Waals surface area contributed by atoms with Gasteiger partial charge in [0.25, 0.3) is 0 Å². The van der Waals surface area contributed by atoms with Gasteiger partial charge in [0.2, 0.25) is 0 Å². The molecule has 1 aromatic heterocycles. The molecule has 0 unspecified atom stereocenters. The lowest BCUT2D eigenvalue weighted by atomic mass is 10.1. The van der Waals surface area contributed by atoms with Crippen molar-refractivity contribution < 1.29 is 5.21 Å². The molecule has 5 heteroatoms. The molecule has 1 fully saturated rings. The number of amidine groups is 1. The molecule has 0 atom stereocenters. The van der Waals surface area contributed by atoms with Crippen molar-refractivity contribution in [2.24, 2.45) is 10.9 Å². The summed E-state index contributed by atoms with van der Waals surface area (Å²) in [5.74, 6) is 0.116. The van der Waals surface area contributed by atoms with E-state index in [1.54, 1.807) is 6.20 Å². The van der Waals surface area contributed by atoms with Crippen molar-refractivity contribution >= 4 is 22.4 Å². The first-order valence-corrected chi connectivity index (χ1v) is 7.38. The van der Waals surface area contributed by atoms with Crippen LogP contribution in [-0.2, 0) is 0 Å². The molecule has 1 heterocycles. The Morgan fingerprint density at radius 3 is 2.86 bits per heavy atom. The van der Waals surface area contributed by atoms with Gasteiger partial charge in [0, 0.05) is 24.2 Å². The van der Waals surface area contributed by atoms with Crippen LogP contribution in [0, 0.1) is 0 Å². The quantitative estimate of drug-likeness (QED) is 0.383. The van der Waals surface area contributed by atoms with E-state index in [9.17, 15) is 0 Å². The second kappa shape index (κ2) is 5.60. The lowest BCUT2D eigenvalue weighted by Gasteiger charge is -2.27. The molecule has 1 aliphatic carbocycles. The number of anilines is 1. The smallest absolute Gasteiger partial charge is 0.173 e. The third-order valence-corrected chi connectivity index (χ3v) is 3.87. The normalized spacial score (nSPS) is 15.4. The minimum Gasteiger partial charge on any atom is -0.409 e. The molecule has 0 bridgehead atoms. The van der Waals surface area contributed by atoms with Crippen LogP contribution >= 0.6 is 0 Å². The Morgan fingerprint density at radius 2 is 2.19 bits per heavy atom. The predicted molar refractivity (Wildman–Crippen MR) is 84.9 cm³/mol. The van der Waals surface area contributed by atoms with Crippen LogP contribution in [0.25, 0.3) is 10.9 Å². The third kappa shape index (κ3) is 2.51. The Labute approximate surface area is 124 Å². The molecule has 0 amide bonds. The van der Waals surface area contributed by atoms with E-state index in [4.69, 9.17) is 10.9 Å². The number of rotatable bonds is 5. The van der Waals surface area contributed by atoms with Gasteiger partial charge in [-0.3, -0.25) is 4.98 Å². The number of nitrogens with zero attached hydrogens (tertiary/aromatic N) is 3. The van der Waals surface area contributed by atoms with Crippen LogP contribution in [0.3, 0.4) is 0 Å². The highest BCUT2D eigenvalue weighted by molar-refractivity contribution is 6.09. The Balaban J connectivity index is 2.24. The highest BCUT2D eigenvalue weighted by Crippen LogP contribution is 2.37. The molecule has 2 aromatic rings. The number of pyridine rings is 1. The van der Waals surface area contributed by atoms with E-state index in [0.29, 0.717) is 11.6 Å². The molecule has 1 aromatic carbocycles. The second-order valence-electron chi connectivity index (χ2n) is 5.45. The van der Waals surface area contributed by atoms with Gasteiger partial charge < -0.3 is 15.8 Å². The first kappa shape index (κ1) is 13.7. The average molecular weight is 284 g/mol. The van der Waals surface area contributed by atoms with E-state index in [1.807, 2.05) is 18.2 Å². The number of hydrogen-bond donors (Lipinski definition) is 2.